The van der Waals surface area contributed by atoms with E-state index < -0.39 is 11.9 Å². The molecule has 6 heteroatoms. The van der Waals surface area contributed by atoms with Gasteiger partial charge < -0.3 is 15.7 Å². The number of carbonyl (C=O) groups is 2. The van der Waals surface area contributed by atoms with E-state index in [1.54, 1.807) is 0 Å². The van der Waals surface area contributed by atoms with Gasteiger partial charge in [0.25, 0.3) is 0 Å². The first kappa shape index (κ1) is 17.1. The van der Waals surface area contributed by atoms with Crippen LogP contribution in [0.25, 0.3) is 0 Å². The van der Waals surface area contributed by atoms with E-state index in [1.165, 1.54) is 0 Å². The molecule has 0 aromatic heterocycles. The summed E-state index contributed by atoms with van der Waals surface area (Å²) in [5, 5.41) is 15.3. The lowest BCUT2D eigenvalue weighted by atomic mass is 10.0. The van der Waals surface area contributed by atoms with Crippen LogP contribution in [0.1, 0.15) is 46.0 Å². The van der Waals surface area contributed by atoms with Gasteiger partial charge in [0.05, 0.1) is 5.92 Å². The van der Waals surface area contributed by atoms with Gasteiger partial charge in [0, 0.05) is 17.8 Å². The average Bonchev–Trinajstić information content (AvgIpc) is 2.82. The lowest BCUT2D eigenvalue weighted by Crippen LogP contribution is -2.43. The van der Waals surface area contributed by atoms with E-state index in [1.807, 2.05) is 18.7 Å². The molecule has 2 amide bonds. The topological polar surface area (TPSA) is 78.4 Å². The number of carbonyl (C=O) groups excluding carboxylic acids is 1. The van der Waals surface area contributed by atoms with Crippen molar-refractivity contribution in [3.05, 3.63) is 0 Å². The van der Waals surface area contributed by atoms with Crippen LogP contribution in [0.2, 0.25) is 0 Å². The lowest BCUT2D eigenvalue weighted by molar-refractivity contribution is -0.141. The molecule has 0 spiro atoms. The van der Waals surface area contributed by atoms with Crippen LogP contribution in [0, 0.1) is 5.92 Å². The molecule has 1 rings (SSSR count). The van der Waals surface area contributed by atoms with Gasteiger partial charge in [0.1, 0.15) is 0 Å². The Balaban J connectivity index is 2.25. The normalized spacial score (nSPS) is 23.3. The summed E-state index contributed by atoms with van der Waals surface area (Å²) in [6, 6.07) is -0.00648. The first-order valence-electron chi connectivity index (χ1n) is 7.45. The molecule has 0 saturated heterocycles. The standard InChI is InChI=1S/C14H26N2O3S/c1-3-5-10(13(17)18)9-15-14(19)16-11-6-7-12(8-11)20-4-2/h10-12H,3-9H2,1-2H3,(H,17,18)(H2,15,16,19). The van der Waals surface area contributed by atoms with Crippen LogP contribution in [0.5, 0.6) is 0 Å². The van der Waals surface area contributed by atoms with Crippen molar-refractivity contribution in [2.75, 3.05) is 12.3 Å². The van der Waals surface area contributed by atoms with Gasteiger partial charge >= 0.3 is 12.0 Å². The lowest BCUT2D eigenvalue weighted by Gasteiger charge is -2.16. The predicted molar refractivity (Wildman–Crippen MR) is 82.1 cm³/mol. The maximum absolute atomic E-state index is 11.8. The monoisotopic (exact) mass is 302 g/mol. The van der Waals surface area contributed by atoms with Crippen molar-refractivity contribution in [2.45, 2.75) is 57.2 Å². The molecule has 3 unspecified atom stereocenters. The molecule has 0 aromatic carbocycles. The van der Waals surface area contributed by atoms with Crippen molar-refractivity contribution in [3.63, 3.8) is 0 Å². The van der Waals surface area contributed by atoms with Crippen LogP contribution in [-0.2, 0) is 4.79 Å². The number of rotatable bonds is 8. The van der Waals surface area contributed by atoms with Crippen molar-refractivity contribution in [2.24, 2.45) is 5.92 Å². The van der Waals surface area contributed by atoms with Crippen LogP contribution in [0.3, 0.4) is 0 Å². The van der Waals surface area contributed by atoms with Crippen LogP contribution in [0.4, 0.5) is 4.79 Å². The van der Waals surface area contributed by atoms with Crippen LogP contribution < -0.4 is 10.6 Å². The highest BCUT2D eigenvalue weighted by molar-refractivity contribution is 7.99. The molecule has 3 N–H and O–H groups in total. The van der Waals surface area contributed by atoms with E-state index in [0.717, 1.165) is 31.4 Å². The molecule has 0 heterocycles. The number of nitrogens with one attached hydrogen (secondary N) is 2. The third-order valence-corrected chi connectivity index (χ3v) is 4.85. The van der Waals surface area contributed by atoms with E-state index in [4.69, 9.17) is 5.11 Å². The minimum Gasteiger partial charge on any atom is -0.481 e. The van der Waals surface area contributed by atoms with Crippen molar-refractivity contribution in [1.82, 2.24) is 10.6 Å². The number of urea groups is 1. The van der Waals surface area contributed by atoms with E-state index in [0.29, 0.717) is 11.7 Å². The van der Waals surface area contributed by atoms with E-state index in [-0.39, 0.29) is 18.6 Å². The van der Waals surface area contributed by atoms with E-state index >= 15 is 0 Å². The molecule has 1 fully saturated rings. The molecular weight excluding hydrogens is 276 g/mol. The van der Waals surface area contributed by atoms with Crippen LogP contribution in [0.15, 0.2) is 0 Å². The quantitative estimate of drug-likeness (QED) is 0.643. The third-order valence-electron chi connectivity index (χ3n) is 3.62. The molecule has 5 nitrogen and oxygen atoms in total. The third kappa shape index (κ3) is 6.03. The van der Waals surface area contributed by atoms with Crippen molar-refractivity contribution in [3.8, 4) is 0 Å². The number of carboxylic acids is 1. The first-order valence-corrected chi connectivity index (χ1v) is 8.50. The average molecular weight is 302 g/mol. The zero-order valence-corrected chi connectivity index (χ0v) is 13.2. The van der Waals surface area contributed by atoms with Gasteiger partial charge in [-0.25, -0.2) is 4.79 Å². The summed E-state index contributed by atoms with van der Waals surface area (Å²) in [5.41, 5.74) is 0. The number of hydrogen-bond donors (Lipinski definition) is 3. The number of amides is 2. The minimum absolute atomic E-state index is 0.203. The summed E-state index contributed by atoms with van der Waals surface area (Å²) in [4.78, 5) is 22.8. The van der Waals surface area contributed by atoms with E-state index in [9.17, 15) is 9.59 Å². The highest BCUT2D eigenvalue weighted by Gasteiger charge is 2.26. The number of carboxylic acid groups (broad SMARTS) is 1. The van der Waals surface area contributed by atoms with Crippen LogP contribution in [-0.4, -0.2) is 40.7 Å². The highest BCUT2D eigenvalue weighted by Crippen LogP contribution is 2.29. The van der Waals surface area contributed by atoms with Gasteiger partial charge in [-0.1, -0.05) is 20.3 Å². The Bertz CT molecular complexity index is 326. The predicted octanol–water partition coefficient (Wildman–Crippen LogP) is 2.46. The molecule has 20 heavy (non-hydrogen) atoms. The molecule has 1 saturated carbocycles. The van der Waals surface area contributed by atoms with Crippen LogP contribution >= 0.6 is 11.8 Å². The Morgan fingerprint density at radius 1 is 1.35 bits per heavy atom. The summed E-state index contributed by atoms with van der Waals surface area (Å²) < 4.78 is 0. The molecule has 0 aromatic rings. The van der Waals surface area contributed by atoms with Gasteiger partial charge in [0.2, 0.25) is 0 Å². The smallest absolute Gasteiger partial charge is 0.315 e. The molecule has 0 aliphatic heterocycles. The SMILES string of the molecule is CCCC(CNC(=O)NC1CCC(SCC)C1)C(=O)O. The Kier molecular flexibility index (Phi) is 7.80. The van der Waals surface area contributed by atoms with Crippen molar-refractivity contribution in [1.29, 1.82) is 0 Å². The van der Waals surface area contributed by atoms with Crippen molar-refractivity contribution >= 4 is 23.8 Å². The van der Waals surface area contributed by atoms with Gasteiger partial charge in [-0.15, -0.1) is 0 Å². The molecular formula is C14H26N2O3S. The minimum atomic E-state index is -0.840. The summed E-state index contributed by atoms with van der Waals surface area (Å²) >= 11 is 1.95. The molecule has 116 valence electrons. The summed E-state index contributed by atoms with van der Waals surface area (Å²) in [7, 11) is 0. The van der Waals surface area contributed by atoms with Gasteiger partial charge in [0.15, 0.2) is 0 Å². The van der Waals surface area contributed by atoms with Gasteiger partial charge in [-0.2, -0.15) is 11.8 Å². The van der Waals surface area contributed by atoms with Gasteiger partial charge in [-0.05, 0) is 31.4 Å². The first-order chi connectivity index (χ1) is 9.56. The van der Waals surface area contributed by atoms with Gasteiger partial charge in [-0.3, -0.25) is 4.79 Å². The van der Waals surface area contributed by atoms with E-state index in [2.05, 4.69) is 17.6 Å². The molecule has 1 aliphatic carbocycles. The molecule has 3 atom stereocenters. The number of thioether (sulfide) groups is 1. The Labute approximate surface area is 125 Å². The maximum atomic E-state index is 11.8. The number of hydrogen-bond acceptors (Lipinski definition) is 3. The summed E-state index contributed by atoms with van der Waals surface area (Å²) in [6.07, 6.45) is 4.58. The Morgan fingerprint density at radius 3 is 2.70 bits per heavy atom. The number of aliphatic carboxylic acids is 1. The molecule has 0 bridgehead atoms. The summed E-state index contributed by atoms with van der Waals surface area (Å²) in [5.74, 6) is -0.217. The van der Waals surface area contributed by atoms with Crippen molar-refractivity contribution < 1.29 is 14.7 Å². The molecule has 1 aliphatic rings. The second-order valence-electron chi connectivity index (χ2n) is 5.27. The zero-order valence-electron chi connectivity index (χ0n) is 12.4. The fraction of sp³-hybridized carbons (Fsp3) is 0.857. The zero-order chi connectivity index (χ0) is 15.0. The Morgan fingerprint density at radius 2 is 2.10 bits per heavy atom. The molecule has 0 radical (unpaired) electrons. The Hall–Kier alpha value is -0.910. The highest BCUT2D eigenvalue weighted by atomic mass is 32.2. The second-order valence-corrected chi connectivity index (χ2v) is 6.84. The largest absolute Gasteiger partial charge is 0.481 e. The summed E-state index contributed by atoms with van der Waals surface area (Å²) in [6.45, 7) is 4.30. The fourth-order valence-electron chi connectivity index (χ4n) is 2.57. The maximum Gasteiger partial charge on any atom is 0.315 e. The second kappa shape index (κ2) is 9.10. The fourth-order valence-corrected chi connectivity index (χ4v) is 3.71.